The number of likely N-dealkylation sites (N-methyl/N-ethyl adjacent to an activating group) is 1. The molecule has 0 unspecified atom stereocenters. The minimum absolute atomic E-state index is 0.829. The highest BCUT2D eigenvalue weighted by Gasteiger charge is 2.18. The molecular formula is C16H27N3. The van der Waals surface area contributed by atoms with Crippen molar-refractivity contribution in [2.75, 3.05) is 19.6 Å². The van der Waals surface area contributed by atoms with Gasteiger partial charge in [0.05, 0.1) is 5.69 Å². The highest BCUT2D eigenvalue weighted by atomic mass is 15.2. The van der Waals surface area contributed by atoms with Crippen molar-refractivity contribution in [3.63, 3.8) is 0 Å². The number of hydrogen-bond acceptors (Lipinski definition) is 3. The van der Waals surface area contributed by atoms with E-state index in [-0.39, 0.29) is 0 Å². The van der Waals surface area contributed by atoms with Crippen LogP contribution in [-0.2, 0) is 6.54 Å². The second-order valence-corrected chi connectivity index (χ2v) is 5.42. The monoisotopic (exact) mass is 261 g/mol. The summed E-state index contributed by atoms with van der Waals surface area (Å²) in [5, 5.41) is 3.50. The first kappa shape index (κ1) is 14.5. The van der Waals surface area contributed by atoms with Gasteiger partial charge in [0.15, 0.2) is 0 Å². The molecule has 0 aliphatic heterocycles. The minimum atomic E-state index is 0.829. The third-order valence-electron chi connectivity index (χ3n) is 4.11. The first-order chi connectivity index (χ1) is 9.40. The second-order valence-electron chi connectivity index (χ2n) is 5.42. The molecule has 0 radical (unpaired) electrons. The zero-order valence-electron chi connectivity index (χ0n) is 12.1. The molecule has 2 rings (SSSR count). The molecule has 1 aliphatic rings. The normalized spacial score (nSPS) is 16.9. The van der Waals surface area contributed by atoms with E-state index in [1.165, 1.54) is 38.6 Å². The first-order valence-electron chi connectivity index (χ1n) is 7.75. The molecule has 1 N–H and O–H groups in total. The summed E-state index contributed by atoms with van der Waals surface area (Å²) in [7, 11) is 0. The predicted molar refractivity (Wildman–Crippen MR) is 80.1 cm³/mol. The predicted octanol–water partition coefficient (Wildman–Crippen LogP) is 2.83. The standard InChI is InChI=1S/C16H27N3/c1-2-19(16-9-4-3-5-10-16)13-12-17-14-15-8-6-7-11-18-15/h6-8,11,16-17H,2-5,9-10,12-14H2,1H3. The number of nitrogens with zero attached hydrogens (tertiary/aromatic N) is 2. The number of rotatable bonds is 7. The van der Waals surface area contributed by atoms with Crippen LogP contribution in [0.15, 0.2) is 24.4 Å². The van der Waals surface area contributed by atoms with E-state index >= 15 is 0 Å². The molecule has 1 aliphatic carbocycles. The van der Waals surface area contributed by atoms with Gasteiger partial charge in [-0.05, 0) is 31.5 Å². The lowest BCUT2D eigenvalue weighted by Gasteiger charge is -2.33. The Kier molecular flexibility index (Phi) is 6.31. The Bertz CT molecular complexity index is 333. The highest BCUT2D eigenvalue weighted by molar-refractivity contribution is 5.02. The van der Waals surface area contributed by atoms with Crippen LogP contribution in [0.4, 0.5) is 0 Å². The molecule has 1 heterocycles. The van der Waals surface area contributed by atoms with E-state index in [1.54, 1.807) is 0 Å². The summed E-state index contributed by atoms with van der Waals surface area (Å²) < 4.78 is 0. The van der Waals surface area contributed by atoms with E-state index in [0.29, 0.717) is 0 Å². The molecule has 1 aromatic rings. The molecule has 1 aromatic heterocycles. The number of aromatic nitrogens is 1. The molecule has 0 bridgehead atoms. The fourth-order valence-electron chi connectivity index (χ4n) is 2.99. The third kappa shape index (κ3) is 4.92. The lowest BCUT2D eigenvalue weighted by atomic mass is 9.94. The summed E-state index contributed by atoms with van der Waals surface area (Å²) in [5.41, 5.74) is 1.13. The van der Waals surface area contributed by atoms with Gasteiger partial charge in [0.25, 0.3) is 0 Å². The van der Waals surface area contributed by atoms with Crippen LogP contribution in [0, 0.1) is 0 Å². The summed E-state index contributed by atoms with van der Waals surface area (Å²) in [6, 6.07) is 6.91. The molecule has 0 spiro atoms. The van der Waals surface area contributed by atoms with E-state index in [2.05, 4.69) is 28.2 Å². The van der Waals surface area contributed by atoms with Crippen molar-refractivity contribution in [1.29, 1.82) is 0 Å². The van der Waals surface area contributed by atoms with E-state index in [1.807, 2.05) is 18.3 Å². The Morgan fingerprint density at radius 2 is 2.11 bits per heavy atom. The maximum atomic E-state index is 4.33. The van der Waals surface area contributed by atoms with Gasteiger partial charge < -0.3 is 5.32 Å². The van der Waals surface area contributed by atoms with Crippen molar-refractivity contribution in [3.05, 3.63) is 30.1 Å². The molecule has 0 atom stereocenters. The van der Waals surface area contributed by atoms with Gasteiger partial charge in [0.2, 0.25) is 0 Å². The van der Waals surface area contributed by atoms with Crippen LogP contribution in [0.2, 0.25) is 0 Å². The fourth-order valence-corrected chi connectivity index (χ4v) is 2.99. The molecule has 3 heteroatoms. The van der Waals surface area contributed by atoms with Crippen LogP contribution in [0.25, 0.3) is 0 Å². The molecule has 0 aromatic carbocycles. The van der Waals surface area contributed by atoms with Crippen molar-refractivity contribution in [3.8, 4) is 0 Å². The second kappa shape index (κ2) is 8.28. The van der Waals surface area contributed by atoms with Crippen LogP contribution in [0.1, 0.15) is 44.7 Å². The number of pyridine rings is 1. The summed E-state index contributed by atoms with van der Waals surface area (Å²) >= 11 is 0. The summed E-state index contributed by atoms with van der Waals surface area (Å²) in [6.07, 6.45) is 8.93. The van der Waals surface area contributed by atoms with Crippen LogP contribution in [0.3, 0.4) is 0 Å². The summed E-state index contributed by atoms with van der Waals surface area (Å²) in [4.78, 5) is 6.97. The van der Waals surface area contributed by atoms with Crippen LogP contribution in [0.5, 0.6) is 0 Å². The van der Waals surface area contributed by atoms with Crippen molar-refractivity contribution in [2.45, 2.75) is 51.6 Å². The van der Waals surface area contributed by atoms with Gasteiger partial charge in [0.1, 0.15) is 0 Å². The van der Waals surface area contributed by atoms with E-state index in [9.17, 15) is 0 Å². The Morgan fingerprint density at radius 1 is 1.26 bits per heavy atom. The maximum absolute atomic E-state index is 4.33. The highest BCUT2D eigenvalue weighted by Crippen LogP contribution is 2.21. The molecule has 1 fully saturated rings. The van der Waals surface area contributed by atoms with Crippen LogP contribution in [-0.4, -0.2) is 35.6 Å². The van der Waals surface area contributed by atoms with Crippen molar-refractivity contribution >= 4 is 0 Å². The van der Waals surface area contributed by atoms with Gasteiger partial charge in [-0.25, -0.2) is 0 Å². The molecule has 19 heavy (non-hydrogen) atoms. The van der Waals surface area contributed by atoms with Crippen molar-refractivity contribution < 1.29 is 0 Å². The van der Waals surface area contributed by atoms with Gasteiger partial charge in [-0.15, -0.1) is 0 Å². The third-order valence-corrected chi connectivity index (χ3v) is 4.11. The Balaban J connectivity index is 1.65. The fraction of sp³-hybridized carbons (Fsp3) is 0.688. The lowest BCUT2D eigenvalue weighted by molar-refractivity contribution is 0.164. The number of nitrogens with one attached hydrogen (secondary N) is 1. The van der Waals surface area contributed by atoms with Gasteiger partial charge >= 0.3 is 0 Å². The number of hydrogen-bond donors (Lipinski definition) is 1. The average molecular weight is 261 g/mol. The van der Waals surface area contributed by atoms with Crippen LogP contribution >= 0.6 is 0 Å². The Hall–Kier alpha value is -0.930. The van der Waals surface area contributed by atoms with E-state index in [0.717, 1.165) is 31.4 Å². The Morgan fingerprint density at radius 3 is 2.79 bits per heavy atom. The summed E-state index contributed by atoms with van der Waals surface area (Å²) in [5.74, 6) is 0. The molecule has 3 nitrogen and oxygen atoms in total. The van der Waals surface area contributed by atoms with Gasteiger partial charge in [-0.2, -0.15) is 0 Å². The SMILES string of the molecule is CCN(CCNCc1ccccn1)C1CCCCC1. The maximum Gasteiger partial charge on any atom is 0.0541 e. The van der Waals surface area contributed by atoms with E-state index < -0.39 is 0 Å². The molecule has 1 saturated carbocycles. The van der Waals surface area contributed by atoms with Crippen LogP contribution < -0.4 is 5.32 Å². The van der Waals surface area contributed by atoms with E-state index in [4.69, 9.17) is 0 Å². The van der Waals surface area contributed by atoms with Crippen molar-refractivity contribution in [2.24, 2.45) is 0 Å². The minimum Gasteiger partial charge on any atom is -0.310 e. The smallest absolute Gasteiger partial charge is 0.0541 e. The largest absolute Gasteiger partial charge is 0.310 e. The topological polar surface area (TPSA) is 28.2 Å². The van der Waals surface area contributed by atoms with Gasteiger partial charge in [-0.3, -0.25) is 9.88 Å². The lowest BCUT2D eigenvalue weighted by Crippen LogP contribution is -2.40. The molecular weight excluding hydrogens is 234 g/mol. The molecule has 0 amide bonds. The zero-order valence-corrected chi connectivity index (χ0v) is 12.1. The molecule has 106 valence electrons. The quantitative estimate of drug-likeness (QED) is 0.765. The van der Waals surface area contributed by atoms with Gasteiger partial charge in [0, 0.05) is 31.9 Å². The Labute approximate surface area is 117 Å². The molecule has 0 saturated heterocycles. The average Bonchev–Trinajstić information content (AvgIpc) is 2.49. The summed E-state index contributed by atoms with van der Waals surface area (Å²) in [6.45, 7) is 6.56. The zero-order chi connectivity index (χ0) is 13.3. The van der Waals surface area contributed by atoms with Crippen molar-refractivity contribution in [1.82, 2.24) is 15.2 Å². The van der Waals surface area contributed by atoms with Gasteiger partial charge in [-0.1, -0.05) is 32.3 Å². The first-order valence-corrected chi connectivity index (χ1v) is 7.75.